The molecule has 0 saturated carbocycles. The highest BCUT2D eigenvalue weighted by Crippen LogP contribution is 2.30. The molecule has 106 valence electrons. The van der Waals surface area contributed by atoms with Crippen molar-refractivity contribution in [1.29, 1.82) is 0 Å². The number of rotatable bonds is 5. The number of anilines is 1. The maximum atomic E-state index is 12.0. The summed E-state index contributed by atoms with van der Waals surface area (Å²) in [5.41, 5.74) is 1.19. The van der Waals surface area contributed by atoms with Gasteiger partial charge in [-0.25, -0.2) is 0 Å². The lowest BCUT2D eigenvalue weighted by Crippen LogP contribution is -2.21. The SMILES string of the molecule is CCN(CC)c1ccc(N=Nc2cc(C)on2)c([O-])c1. The van der Waals surface area contributed by atoms with Gasteiger partial charge >= 0.3 is 0 Å². The number of aromatic nitrogens is 1. The Kier molecular flexibility index (Phi) is 4.34. The molecule has 6 heteroatoms. The predicted molar refractivity (Wildman–Crippen MR) is 74.9 cm³/mol. The van der Waals surface area contributed by atoms with Crippen molar-refractivity contribution in [1.82, 2.24) is 5.16 Å². The van der Waals surface area contributed by atoms with Crippen LogP contribution in [0.15, 0.2) is 39.0 Å². The Morgan fingerprint density at radius 3 is 2.50 bits per heavy atom. The van der Waals surface area contributed by atoms with E-state index in [-0.39, 0.29) is 5.75 Å². The molecular formula is C14H17N4O2-. The third-order valence-electron chi connectivity index (χ3n) is 2.95. The van der Waals surface area contributed by atoms with E-state index in [2.05, 4.69) is 34.1 Å². The Balaban J connectivity index is 2.19. The maximum Gasteiger partial charge on any atom is 0.216 e. The summed E-state index contributed by atoms with van der Waals surface area (Å²) in [5.74, 6) is 0.853. The van der Waals surface area contributed by atoms with Crippen molar-refractivity contribution in [2.45, 2.75) is 20.8 Å². The van der Waals surface area contributed by atoms with E-state index in [1.54, 1.807) is 25.1 Å². The van der Waals surface area contributed by atoms with E-state index in [0.29, 0.717) is 17.3 Å². The quantitative estimate of drug-likeness (QED) is 0.783. The molecule has 0 fully saturated rings. The molecule has 0 saturated heterocycles. The van der Waals surface area contributed by atoms with Crippen LogP contribution in [0, 0.1) is 6.92 Å². The van der Waals surface area contributed by atoms with Gasteiger partial charge in [-0.3, -0.25) is 0 Å². The smallest absolute Gasteiger partial charge is 0.216 e. The highest BCUT2D eigenvalue weighted by molar-refractivity contribution is 5.60. The lowest BCUT2D eigenvalue weighted by Gasteiger charge is -2.23. The minimum absolute atomic E-state index is 0.154. The van der Waals surface area contributed by atoms with Crippen molar-refractivity contribution in [2.24, 2.45) is 10.2 Å². The lowest BCUT2D eigenvalue weighted by molar-refractivity contribution is -0.267. The number of azo groups is 1. The molecular weight excluding hydrogens is 256 g/mol. The van der Waals surface area contributed by atoms with Gasteiger partial charge < -0.3 is 14.5 Å². The van der Waals surface area contributed by atoms with Gasteiger partial charge in [0.05, 0.1) is 5.69 Å². The van der Waals surface area contributed by atoms with Crippen LogP contribution in [0.2, 0.25) is 0 Å². The summed E-state index contributed by atoms with van der Waals surface area (Å²) in [6.45, 7) is 7.58. The van der Waals surface area contributed by atoms with Crippen LogP contribution in [0.25, 0.3) is 0 Å². The van der Waals surface area contributed by atoms with E-state index in [1.807, 2.05) is 6.07 Å². The third kappa shape index (κ3) is 3.14. The molecule has 0 aliphatic rings. The van der Waals surface area contributed by atoms with Gasteiger partial charge in [0.2, 0.25) is 5.82 Å². The first kappa shape index (κ1) is 14.0. The van der Waals surface area contributed by atoms with E-state index >= 15 is 0 Å². The van der Waals surface area contributed by atoms with E-state index in [9.17, 15) is 5.11 Å². The van der Waals surface area contributed by atoms with Crippen LogP contribution in [0.1, 0.15) is 19.6 Å². The zero-order chi connectivity index (χ0) is 14.5. The van der Waals surface area contributed by atoms with Gasteiger partial charge in [0.25, 0.3) is 0 Å². The lowest BCUT2D eigenvalue weighted by atomic mass is 10.2. The molecule has 0 unspecified atom stereocenters. The minimum Gasteiger partial charge on any atom is -0.871 e. The molecule has 0 amide bonds. The largest absolute Gasteiger partial charge is 0.871 e. The molecule has 0 spiro atoms. The standard InChI is InChI=1S/C14H18N4O2/c1-4-18(5-2)11-6-7-12(13(19)9-11)15-16-14-8-10(3)20-17-14/h6-9,19H,4-5H2,1-3H3/p-1. The van der Waals surface area contributed by atoms with Crippen molar-refractivity contribution in [3.05, 3.63) is 30.0 Å². The summed E-state index contributed by atoms with van der Waals surface area (Å²) in [5, 5.41) is 23.5. The Morgan fingerprint density at radius 2 is 1.95 bits per heavy atom. The van der Waals surface area contributed by atoms with Crippen LogP contribution in [-0.4, -0.2) is 18.2 Å². The molecule has 0 bridgehead atoms. The fourth-order valence-electron chi connectivity index (χ4n) is 1.88. The number of benzene rings is 1. The number of hydrogen-bond acceptors (Lipinski definition) is 6. The number of nitrogens with zero attached hydrogens (tertiary/aromatic N) is 4. The second-order valence-electron chi connectivity index (χ2n) is 4.32. The van der Waals surface area contributed by atoms with Gasteiger partial charge in [0, 0.05) is 24.8 Å². The summed E-state index contributed by atoms with van der Waals surface area (Å²) in [7, 11) is 0. The number of hydrogen-bond donors (Lipinski definition) is 0. The van der Waals surface area contributed by atoms with Gasteiger partial charge in [-0.2, -0.15) is 0 Å². The summed E-state index contributed by atoms with van der Waals surface area (Å²) in [6.07, 6.45) is 0. The first-order chi connectivity index (χ1) is 9.63. The van der Waals surface area contributed by atoms with Crippen LogP contribution >= 0.6 is 0 Å². The van der Waals surface area contributed by atoms with Crippen LogP contribution < -0.4 is 10.0 Å². The minimum atomic E-state index is -0.154. The fraction of sp³-hybridized carbons (Fsp3) is 0.357. The average molecular weight is 273 g/mol. The second kappa shape index (κ2) is 6.18. The first-order valence-electron chi connectivity index (χ1n) is 6.55. The van der Waals surface area contributed by atoms with Crippen molar-refractivity contribution < 1.29 is 9.63 Å². The van der Waals surface area contributed by atoms with Crippen LogP contribution in [0.3, 0.4) is 0 Å². The summed E-state index contributed by atoms with van der Waals surface area (Å²) in [6, 6.07) is 6.77. The van der Waals surface area contributed by atoms with Gasteiger partial charge in [-0.05, 0) is 39.0 Å². The van der Waals surface area contributed by atoms with E-state index < -0.39 is 0 Å². The van der Waals surface area contributed by atoms with E-state index in [1.165, 1.54) is 0 Å². The molecule has 0 aliphatic heterocycles. The molecule has 0 atom stereocenters. The molecule has 1 aromatic carbocycles. The molecule has 6 nitrogen and oxygen atoms in total. The van der Waals surface area contributed by atoms with E-state index in [0.717, 1.165) is 18.8 Å². The molecule has 2 aromatic rings. The molecule has 0 N–H and O–H groups in total. The van der Waals surface area contributed by atoms with Crippen molar-refractivity contribution in [3.63, 3.8) is 0 Å². The summed E-state index contributed by atoms with van der Waals surface area (Å²) >= 11 is 0. The Morgan fingerprint density at radius 1 is 1.20 bits per heavy atom. The first-order valence-corrected chi connectivity index (χ1v) is 6.55. The highest BCUT2D eigenvalue weighted by atomic mass is 16.5. The zero-order valence-electron chi connectivity index (χ0n) is 11.8. The van der Waals surface area contributed by atoms with Crippen molar-refractivity contribution in [2.75, 3.05) is 18.0 Å². The molecule has 0 aliphatic carbocycles. The predicted octanol–water partition coefficient (Wildman–Crippen LogP) is 3.32. The summed E-state index contributed by atoms with van der Waals surface area (Å²) < 4.78 is 4.87. The normalized spacial score (nSPS) is 11.2. The van der Waals surface area contributed by atoms with Crippen molar-refractivity contribution >= 4 is 17.2 Å². The molecule has 1 aromatic heterocycles. The third-order valence-corrected chi connectivity index (χ3v) is 2.95. The monoisotopic (exact) mass is 273 g/mol. The Bertz CT molecular complexity index is 603. The van der Waals surface area contributed by atoms with Crippen LogP contribution in [0.5, 0.6) is 5.75 Å². The van der Waals surface area contributed by atoms with Crippen molar-refractivity contribution in [3.8, 4) is 5.75 Å². The molecule has 0 radical (unpaired) electrons. The Labute approximate surface area is 117 Å². The highest BCUT2D eigenvalue weighted by Gasteiger charge is 2.03. The maximum absolute atomic E-state index is 12.0. The van der Waals surface area contributed by atoms with Gasteiger partial charge in [-0.1, -0.05) is 10.9 Å². The molecule has 2 rings (SSSR count). The average Bonchev–Trinajstić information content (AvgIpc) is 2.85. The summed E-state index contributed by atoms with van der Waals surface area (Å²) in [4.78, 5) is 2.10. The fourth-order valence-corrected chi connectivity index (χ4v) is 1.88. The molecule has 20 heavy (non-hydrogen) atoms. The second-order valence-corrected chi connectivity index (χ2v) is 4.32. The number of aryl methyl sites for hydroxylation is 1. The van der Waals surface area contributed by atoms with E-state index in [4.69, 9.17) is 4.52 Å². The van der Waals surface area contributed by atoms with Gasteiger partial charge in [0.1, 0.15) is 5.76 Å². The van der Waals surface area contributed by atoms with Gasteiger partial charge in [0.15, 0.2) is 0 Å². The Hall–Kier alpha value is -2.37. The zero-order valence-corrected chi connectivity index (χ0v) is 11.8. The molecule has 1 heterocycles. The topological polar surface area (TPSA) is 77.0 Å². The van der Waals surface area contributed by atoms with Crippen LogP contribution in [0.4, 0.5) is 17.2 Å². The van der Waals surface area contributed by atoms with Gasteiger partial charge in [-0.15, -0.1) is 10.2 Å². The van der Waals surface area contributed by atoms with Crippen LogP contribution in [-0.2, 0) is 0 Å².